The lowest BCUT2D eigenvalue weighted by Crippen LogP contribution is -2.29. The first-order valence-electron chi connectivity index (χ1n) is 6.63. The first kappa shape index (κ1) is 13.7. The van der Waals surface area contributed by atoms with Crippen LogP contribution in [0.5, 0.6) is 0 Å². The summed E-state index contributed by atoms with van der Waals surface area (Å²) in [6, 6.07) is 5.79. The molecule has 1 aliphatic rings. The van der Waals surface area contributed by atoms with Crippen molar-refractivity contribution >= 4 is 40.1 Å². The van der Waals surface area contributed by atoms with Crippen LogP contribution in [0.1, 0.15) is 31.0 Å². The molecule has 1 aromatic carbocycles. The highest BCUT2D eigenvalue weighted by atomic mass is 35.5. The van der Waals surface area contributed by atoms with Crippen LogP contribution in [0.4, 0.5) is 0 Å². The summed E-state index contributed by atoms with van der Waals surface area (Å²) in [4.78, 5) is 16.5. The van der Waals surface area contributed by atoms with E-state index in [2.05, 4.69) is 10.3 Å². The molecule has 0 spiro atoms. The molecule has 1 amide bonds. The van der Waals surface area contributed by atoms with E-state index in [0.717, 1.165) is 23.9 Å². The molecule has 0 aliphatic heterocycles. The van der Waals surface area contributed by atoms with E-state index in [1.54, 1.807) is 6.07 Å². The Hall–Kier alpha value is -1.26. The first-order chi connectivity index (χ1) is 9.54. The fraction of sp³-hybridized carbons (Fsp3) is 0.429. The van der Waals surface area contributed by atoms with Crippen LogP contribution in [-0.4, -0.2) is 21.5 Å². The van der Waals surface area contributed by atoms with Gasteiger partial charge in [-0.1, -0.05) is 11.6 Å². The van der Waals surface area contributed by atoms with Crippen molar-refractivity contribution in [2.75, 3.05) is 0 Å². The van der Waals surface area contributed by atoms with Gasteiger partial charge in [-0.25, -0.2) is 4.98 Å². The zero-order valence-electron chi connectivity index (χ0n) is 11.1. The molecule has 1 aromatic heterocycles. The number of amides is 1. The third-order valence-corrected chi connectivity index (χ3v) is 3.77. The third kappa shape index (κ3) is 2.76. The number of rotatable bonds is 4. The Balaban J connectivity index is 1.98. The molecule has 1 saturated carbocycles. The molecule has 0 radical (unpaired) electrons. The Morgan fingerprint density at radius 3 is 2.95 bits per heavy atom. The van der Waals surface area contributed by atoms with Crippen molar-refractivity contribution < 1.29 is 4.79 Å². The maximum Gasteiger partial charge on any atom is 0.240 e. The lowest BCUT2D eigenvalue weighted by atomic mass is 10.3. The predicted molar refractivity (Wildman–Crippen MR) is 80.2 cm³/mol. The number of hydrogen-bond acceptors (Lipinski definition) is 2. The molecule has 1 unspecified atom stereocenters. The number of benzene rings is 1. The van der Waals surface area contributed by atoms with Crippen molar-refractivity contribution in [3.8, 4) is 0 Å². The van der Waals surface area contributed by atoms with E-state index >= 15 is 0 Å². The maximum absolute atomic E-state index is 12.0. The van der Waals surface area contributed by atoms with Crippen molar-refractivity contribution in [3.05, 3.63) is 29.0 Å². The highest BCUT2D eigenvalue weighted by molar-refractivity contribution is 6.31. The molecule has 106 valence electrons. The van der Waals surface area contributed by atoms with Crippen molar-refractivity contribution in [3.63, 3.8) is 0 Å². The number of imidazole rings is 1. The van der Waals surface area contributed by atoms with Crippen LogP contribution in [0.2, 0.25) is 5.02 Å². The molecular formula is C14H15Cl2N3O. The zero-order chi connectivity index (χ0) is 14.3. The SMILES string of the molecule is CC(Cl)c1nc2ccc(Cl)cc2n1CC(=O)NC1CC1. The monoisotopic (exact) mass is 311 g/mol. The van der Waals surface area contributed by atoms with Crippen LogP contribution in [0.25, 0.3) is 11.0 Å². The van der Waals surface area contributed by atoms with Crippen LogP contribution in [0.15, 0.2) is 18.2 Å². The molecule has 1 heterocycles. The Morgan fingerprint density at radius 1 is 1.55 bits per heavy atom. The summed E-state index contributed by atoms with van der Waals surface area (Å²) >= 11 is 12.2. The molecule has 0 bridgehead atoms. The summed E-state index contributed by atoms with van der Waals surface area (Å²) in [5, 5.41) is 3.33. The highest BCUT2D eigenvalue weighted by Crippen LogP contribution is 2.26. The number of aromatic nitrogens is 2. The Morgan fingerprint density at radius 2 is 2.30 bits per heavy atom. The third-order valence-electron chi connectivity index (χ3n) is 3.34. The lowest BCUT2D eigenvalue weighted by Gasteiger charge is -2.10. The van der Waals surface area contributed by atoms with Crippen LogP contribution < -0.4 is 5.32 Å². The number of carbonyl (C=O) groups is 1. The number of hydrogen-bond donors (Lipinski definition) is 1. The van der Waals surface area contributed by atoms with Crippen LogP contribution in [0, 0.1) is 0 Å². The van der Waals surface area contributed by atoms with Gasteiger partial charge in [0.1, 0.15) is 12.4 Å². The van der Waals surface area contributed by atoms with Gasteiger partial charge >= 0.3 is 0 Å². The lowest BCUT2D eigenvalue weighted by molar-refractivity contribution is -0.121. The molecule has 1 atom stereocenters. The topological polar surface area (TPSA) is 46.9 Å². The minimum atomic E-state index is -0.269. The summed E-state index contributed by atoms with van der Waals surface area (Å²) in [7, 11) is 0. The summed E-state index contributed by atoms with van der Waals surface area (Å²) in [6.07, 6.45) is 2.14. The second kappa shape index (κ2) is 5.26. The average molecular weight is 312 g/mol. The van der Waals surface area contributed by atoms with Gasteiger partial charge in [-0.3, -0.25) is 4.79 Å². The molecule has 6 heteroatoms. The van der Waals surface area contributed by atoms with E-state index in [1.165, 1.54) is 0 Å². The van der Waals surface area contributed by atoms with Gasteiger partial charge in [-0.05, 0) is 38.0 Å². The van der Waals surface area contributed by atoms with Gasteiger partial charge in [0.25, 0.3) is 0 Å². The second-order valence-corrected chi connectivity index (χ2v) is 6.24. The van der Waals surface area contributed by atoms with Crippen LogP contribution in [-0.2, 0) is 11.3 Å². The molecule has 1 N–H and O–H groups in total. The fourth-order valence-electron chi connectivity index (χ4n) is 2.23. The maximum atomic E-state index is 12.0. The molecular weight excluding hydrogens is 297 g/mol. The fourth-order valence-corrected chi connectivity index (χ4v) is 2.56. The average Bonchev–Trinajstić information content (AvgIpc) is 3.11. The molecule has 3 rings (SSSR count). The van der Waals surface area contributed by atoms with Crippen molar-refractivity contribution in [1.82, 2.24) is 14.9 Å². The Bertz CT molecular complexity index is 662. The van der Waals surface area contributed by atoms with Gasteiger partial charge in [0, 0.05) is 11.1 Å². The Labute approximate surface area is 127 Å². The number of carbonyl (C=O) groups excluding carboxylic acids is 1. The van der Waals surface area contributed by atoms with Gasteiger partial charge in [0.15, 0.2) is 0 Å². The number of nitrogens with zero attached hydrogens (tertiary/aromatic N) is 2. The van der Waals surface area contributed by atoms with E-state index in [-0.39, 0.29) is 17.8 Å². The van der Waals surface area contributed by atoms with Gasteiger partial charge in [-0.2, -0.15) is 0 Å². The van der Waals surface area contributed by atoms with E-state index in [9.17, 15) is 4.79 Å². The summed E-state index contributed by atoms with van der Waals surface area (Å²) < 4.78 is 1.84. The molecule has 0 saturated heterocycles. The van der Waals surface area contributed by atoms with E-state index in [0.29, 0.717) is 16.9 Å². The zero-order valence-corrected chi connectivity index (χ0v) is 12.6. The summed E-state index contributed by atoms with van der Waals surface area (Å²) in [6.45, 7) is 2.07. The molecule has 2 aromatic rings. The molecule has 4 nitrogen and oxygen atoms in total. The quantitative estimate of drug-likeness (QED) is 0.881. The minimum Gasteiger partial charge on any atom is -0.352 e. The van der Waals surface area contributed by atoms with Gasteiger partial charge < -0.3 is 9.88 Å². The minimum absolute atomic E-state index is 0.00894. The van der Waals surface area contributed by atoms with Crippen LogP contribution in [0.3, 0.4) is 0 Å². The smallest absolute Gasteiger partial charge is 0.240 e. The molecule has 20 heavy (non-hydrogen) atoms. The van der Waals surface area contributed by atoms with Crippen LogP contribution >= 0.6 is 23.2 Å². The molecule has 1 aliphatic carbocycles. The summed E-state index contributed by atoms with van der Waals surface area (Å²) in [5.41, 5.74) is 1.64. The van der Waals surface area contributed by atoms with Gasteiger partial charge in [0.2, 0.25) is 5.91 Å². The van der Waals surface area contributed by atoms with Crippen molar-refractivity contribution in [2.24, 2.45) is 0 Å². The second-order valence-electron chi connectivity index (χ2n) is 5.15. The number of halogens is 2. The highest BCUT2D eigenvalue weighted by Gasteiger charge is 2.24. The number of alkyl halides is 1. The van der Waals surface area contributed by atoms with Crippen molar-refractivity contribution in [2.45, 2.75) is 37.7 Å². The Kier molecular flexibility index (Phi) is 3.61. The van der Waals surface area contributed by atoms with Gasteiger partial charge in [0.05, 0.1) is 16.4 Å². The number of nitrogens with one attached hydrogen (secondary N) is 1. The van der Waals surface area contributed by atoms with E-state index in [4.69, 9.17) is 23.2 Å². The normalized spacial score (nSPS) is 16.4. The summed E-state index contributed by atoms with van der Waals surface area (Å²) in [5.74, 6) is 0.681. The van der Waals surface area contributed by atoms with E-state index < -0.39 is 0 Å². The predicted octanol–water partition coefficient (Wildman–Crippen LogP) is 3.27. The standard InChI is InChI=1S/C14H15Cl2N3O/c1-8(15)14-18-11-5-2-9(16)6-12(11)19(14)7-13(20)17-10-3-4-10/h2,5-6,8,10H,3-4,7H2,1H3,(H,17,20). The number of fused-ring (bicyclic) bond motifs is 1. The van der Waals surface area contributed by atoms with Gasteiger partial charge in [-0.15, -0.1) is 11.6 Å². The van der Waals surface area contributed by atoms with Crippen molar-refractivity contribution in [1.29, 1.82) is 0 Å². The molecule has 1 fully saturated rings. The van der Waals surface area contributed by atoms with E-state index in [1.807, 2.05) is 23.6 Å². The first-order valence-corrected chi connectivity index (χ1v) is 7.45. The largest absolute Gasteiger partial charge is 0.352 e.